The van der Waals surface area contributed by atoms with Gasteiger partial charge in [-0.05, 0) is 48.5 Å². The molecule has 0 aliphatic rings. The lowest BCUT2D eigenvalue weighted by Gasteiger charge is -1.93. The van der Waals surface area contributed by atoms with Crippen molar-refractivity contribution in [2.24, 2.45) is 0 Å². The van der Waals surface area contributed by atoms with Gasteiger partial charge in [-0.25, -0.2) is 0 Å². The summed E-state index contributed by atoms with van der Waals surface area (Å²) in [7, 11) is 0. The lowest BCUT2D eigenvalue weighted by atomic mass is 10.1. The Kier molecular flexibility index (Phi) is 3.30. The van der Waals surface area contributed by atoms with Crippen molar-refractivity contribution in [3.63, 3.8) is 0 Å². The summed E-state index contributed by atoms with van der Waals surface area (Å²) in [6, 6.07) is 19.0. The van der Waals surface area contributed by atoms with E-state index >= 15 is 0 Å². The summed E-state index contributed by atoms with van der Waals surface area (Å²) >= 11 is 0. The molecule has 4 heteroatoms. The maximum Gasteiger partial charge on any atom is 0.134 e. The molecule has 24 heavy (non-hydrogen) atoms. The lowest BCUT2D eigenvalue weighted by Crippen LogP contribution is -1.86. The van der Waals surface area contributed by atoms with Gasteiger partial charge >= 0.3 is 0 Å². The summed E-state index contributed by atoms with van der Waals surface area (Å²) < 4.78 is 11.6. The van der Waals surface area contributed by atoms with Gasteiger partial charge in [0.1, 0.15) is 22.7 Å². The largest absolute Gasteiger partial charge is 0.461 e. The van der Waals surface area contributed by atoms with Crippen molar-refractivity contribution in [2.75, 3.05) is 0 Å². The fraction of sp³-hybridized carbons (Fsp3) is 0.100. The van der Waals surface area contributed by atoms with E-state index in [1.54, 1.807) is 12.1 Å². The van der Waals surface area contributed by atoms with Crippen molar-refractivity contribution in [3.05, 3.63) is 71.2 Å². The second-order valence-corrected chi connectivity index (χ2v) is 5.65. The van der Waals surface area contributed by atoms with Crippen LogP contribution in [0.1, 0.15) is 22.6 Å². The second-order valence-electron chi connectivity index (χ2n) is 5.65. The number of nitrogens with zero attached hydrogens (tertiary/aromatic N) is 2. The van der Waals surface area contributed by atoms with Gasteiger partial charge in [0.15, 0.2) is 0 Å². The first-order valence-corrected chi connectivity index (χ1v) is 7.60. The molecule has 0 unspecified atom stereocenters. The highest BCUT2D eigenvalue weighted by atomic mass is 16.3. The van der Waals surface area contributed by atoms with Crippen molar-refractivity contribution < 1.29 is 8.83 Å². The molecule has 0 bridgehead atoms. The Hall–Kier alpha value is -3.50. The molecule has 0 spiro atoms. The van der Waals surface area contributed by atoms with Crippen molar-refractivity contribution in [1.82, 2.24) is 0 Å². The van der Waals surface area contributed by atoms with Crippen molar-refractivity contribution >= 4 is 21.9 Å². The summed E-state index contributed by atoms with van der Waals surface area (Å²) in [6.07, 6.45) is 1.42. The van der Waals surface area contributed by atoms with Gasteiger partial charge in [-0.3, -0.25) is 0 Å². The fourth-order valence-electron chi connectivity index (χ4n) is 2.83. The SMILES string of the molecule is N#Cc1ccc2oc(CCc3cc4cc(C#N)ccc4o3)cc2c1. The third kappa shape index (κ3) is 2.51. The number of rotatable bonds is 3. The highest BCUT2D eigenvalue weighted by molar-refractivity contribution is 5.80. The predicted octanol–water partition coefficient (Wildman–Crippen LogP) is 4.71. The fourth-order valence-corrected chi connectivity index (χ4v) is 2.83. The molecule has 2 aromatic heterocycles. The van der Waals surface area contributed by atoms with E-state index in [9.17, 15) is 0 Å². The molecule has 0 aliphatic carbocycles. The zero-order chi connectivity index (χ0) is 16.5. The highest BCUT2D eigenvalue weighted by Gasteiger charge is 2.08. The van der Waals surface area contributed by atoms with E-state index < -0.39 is 0 Å². The molecule has 4 rings (SSSR count). The van der Waals surface area contributed by atoms with Gasteiger partial charge in [-0.2, -0.15) is 10.5 Å². The molecule has 2 heterocycles. The topological polar surface area (TPSA) is 73.9 Å². The van der Waals surface area contributed by atoms with E-state index in [2.05, 4.69) is 12.1 Å². The number of benzene rings is 2. The molecule has 4 nitrogen and oxygen atoms in total. The lowest BCUT2D eigenvalue weighted by molar-refractivity contribution is 0.510. The number of aryl methyl sites for hydroxylation is 2. The van der Waals surface area contributed by atoms with Crippen LogP contribution in [0.3, 0.4) is 0 Å². The molecule has 0 fully saturated rings. The zero-order valence-electron chi connectivity index (χ0n) is 12.7. The molecule has 2 aromatic carbocycles. The van der Waals surface area contributed by atoms with Crippen LogP contribution in [0.15, 0.2) is 57.4 Å². The normalized spacial score (nSPS) is 10.8. The maximum absolute atomic E-state index is 8.95. The number of hydrogen-bond donors (Lipinski definition) is 0. The summed E-state index contributed by atoms with van der Waals surface area (Å²) in [5.41, 5.74) is 2.82. The van der Waals surface area contributed by atoms with Crippen LogP contribution in [0.4, 0.5) is 0 Å². The molecule has 0 saturated heterocycles. The van der Waals surface area contributed by atoms with Gasteiger partial charge in [0.2, 0.25) is 0 Å². The Morgan fingerprint density at radius 3 is 1.54 bits per heavy atom. The van der Waals surface area contributed by atoms with Crippen LogP contribution < -0.4 is 0 Å². The minimum absolute atomic E-state index is 0.625. The second kappa shape index (κ2) is 5.61. The van der Waals surface area contributed by atoms with Crippen LogP contribution in [0.5, 0.6) is 0 Å². The Bertz CT molecular complexity index is 1040. The van der Waals surface area contributed by atoms with E-state index in [4.69, 9.17) is 19.4 Å². The molecule has 0 radical (unpaired) electrons. The summed E-state index contributed by atoms with van der Waals surface area (Å²) in [5, 5.41) is 19.8. The first-order chi connectivity index (χ1) is 11.7. The summed E-state index contributed by atoms with van der Waals surface area (Å²) in [4.78, 5) is 0. The summed E-state index contributed by atoms with van der Waals surface area (Å²) in [5.74, 6) is 1.72. The highest BCUT2D eigenvalue weighted by Crippen LogP contribution is 2.24. The van der Waals surface area contributed by atoms with Crippen LogP contribution in [-0.4, -0.2) is 0 Å². The third-order valence-corrected chi connectivity index (χ3v) is 4.01. The average Bonchev–Trinajstić information content (AvgIpc) is 3.21. The molecule has 0 amide bonds. The molecule has 4 aromatic rings. The average molecular weight is 312 g/mol. The Morgan fingerprint density at radius 2 is 1.12 bits per heavy atom. The number of fused-ring (bicyclic) bond motifs is 2. The van der Waals surface area contributed by atoms with Crippen LogP contribution in [0.2, 0.25) is 0 Å². The maximum atomic E-state index is 8.95. The minimum atomic E-state index is 0.625. The van der Waals surface area contributed by atoms with Gasteiger partial charge in [0.25, 0.3) is 0 Å². The van der Waals surface area contributed by atoms with Gasteiger partial charge in [-0.15, -0.1) is 0 Å². The van der Waals surface area contributed by atoms with E-state index in [0.717, 1.165) is 33.5 Å². The Labute approximate surface area is 138 Å². The molecule has 0 N–H and O–H groups in total. The number of hydrogen-bond acceptors (Lipinski definition) is 4. The van der Waals surface area contributed by atoms with Crippen LogP contribution in [0, 0.1) is 22.7 Å². The first-order valence-electron chi connectivity index (χ1n) is 7.60. The van der Waals surface area contributed by atoms with Gasteiger partial charge < -0.3 is 8.83 Å². The van der Waals surface area contributed by atoms with Crippen molar-refractivity contribution in [1.29, 1.82) is 10.5 Å². The van der Waals surface area contributed by atoms with E-state index in [0.29, 0.717) is 24.0 Å². The van der Waals surface area contributed by atoms with Crippen molar-refractivity contribution in [3.8, 4) is 12.1 Å². The first kappa shape index (κ1) is 14.1. The smallest absolute Gasteiger partial charge is 0.134 e. The Morgan fingerprint density at radius 1 is 0.667 bits per heavy atom. The molecular weight excluding hydrogens is 300 g/mol. The van der Waals surface area contributed by atoms with E-state index in [1.807, 2.05) is 36.4 Å². The quantitative estimate of drug-likeness (QED) is 0.549. The van der Waals surface area contributed by atoms with E-state index in [1.165, 1.54) is 0 Å². The van der Waals surface area contributed by atoms with E-state index in [-0.39, 0.29) is 0 Å². The van der Waals surface area contributed by atoms with Gasteiger partial charge in [-0.1, -0.05) is 0 Å². The number of furan rings is 2. The monoisotopic (exact) mass is 312 g/mol. The molecule has 0 atom stereocenters. The molecular formula is C20H12N2O2. The van der Waals surface area contributed by atoms with Gasteiger partial charge in [0.05, 0.1) is 23.3 Å². The standard InChI is InChI=1S/C20H12N2O2/c21-11-13-1-5-19-15(7-13)9-17(23-19)3-4-18-10-16-8-14(12-22)2-6-20(16)24-18/h1-2,5-10H,3-4H2. The van der Waals surface area contributed by atoms with Gasteiger partial charge in [0, 0.05) is 23.6 Å². The Balaban J connectivity index is 1.56. The molecule has 114 valence electrons. The van der Waals surface area contributed by atoms with Crippen LogP contribution in [0.25, 0.3) is 21.9 Å². The van der Waals surface area contributed by atoms with Crippen LogP contribution in [-0.2, 0) is 12.8 Å². The minimum Gasteiger partial charge on any atom is -0.461 e. The predicted molar refractivity (Wildman–Crippen MR) is 89.3 cm³/mol. The number of nitriles is 2. The molecule has 0 saturated carbocycles. The third-order valence-electron chi connectivity index (χ3n) is 4.01. The summed E-state index contributed by atoms with van der Waals surface area (Å²) in [6.45, 7) is 0. The van der Waals surface area contributed by atoms with Crippen LogP contribution >= 0.6 is 0 Å². The van der Waals surface area contributed by atoms with Crippen molar-refractivity contribution in [2.45, 2.75) is 12.8 Å². The molecule has 0 aliphatic heterocycles. The zero-order valence-corrected chi connectivity index (χ0v) is 12.7.